The van der Waals surface area contributed by atoms with Crippen LogP contribution in [-0.4, -0.2) is 26.0 Å². The highest BCUT2D eigenvalue weighted by Crippen LogP contribution is 2.24. The fraction of sp³-hybridized carbons (Fsp3) is 0.0833. The van der Waals surface area contributed by atoms with Crippen molar-refractivity contribution in [1.82, 2.24) is 19.7 Å². The highest BCUT2D eigenvalue weighted by Gasteiger charge is 2.11. The van der Waals surface area contributed by atoms with Crippen molar-refractivity contribution in [2.24, 2.45) is 12.1 Å². The molecule has 31 heavy (non-hydrogen) atoms. The molecule has 152 valence electrons. The first-order chi connectivity index (χ1) is 15.3. The Morgan fingerprint density at radius 2 is 1.71 bits per heavy atom. The van der Waals surface area contributed by atoms with Crippen LogP contribution in [0.15, 0.2) is 84.0 Å². The van der Waals surface area contributed by atoms with E-state index in [4.69, 9.17) is 4.74 Å². The van der Waals surface area contributed by atoms with E-state index in [-0.39, 0.29) is 0 Å². The van der Waals surface area contributed by atoms with Crippen LogP contribution < -0.4 is 10.2 Å². The summed E-state index contributed by atoms with van der Waals surface area (Å²) in [6, 6.07) is 25.8. The number of ether oxygens (including phenoxy) is 1. The number of nitrogens with one attached hydrogen (secondary N) is 1. The second kappa shape index (κ2) is 8.23. The van der Waals surface area contributed by atoms with Gasteiger partial charge in [0.2, 0.25) is 0 Å². The average molecular weight is 408 g/mol. The highest BCUT2D eigenvalue weighted by atomic mass is 16.5. The molecule has 5 aromatic rings. The highest BCUT2D eigenvalue weighted by molar-refractivity contribution is 6.04. The summed E-state index contributed by atoms with van der Waals surface area (Å²) in [5.41, 5.74) is 7.52. The lowest BCUT2D eigenvalue weighted by Crippen LogP contribution is -2.00. The van der Waals surface area contributed by atoms with Crippen molar-refractivity contribution in [3.05, 3.63) is 90.0 Å². The molecule has 0 spiro atoms. The minimum Gasteiger partial charge on any atom is -0.489 e. The van der Waals surface area contributed by atoms with Crippen molar-refractivity contribution < 1.29 is 4.74 Å². The van der Waals surface area contributed by atoms with Crippen LogP contribution in [0, 0.1) is 0 Å². The molecule has 0 unspecified atom stereocenters. The van der Waals surface area contributed by atoms with Gasteiger partial charge in [-0.1, -0.05) is 48.5 Å². The average Bonchev–Trinajstić information content (AvgIpc) is 3.11. The maximum Gasteiger partial charge on any atom is 0.265 e. The third-order valence-electron chi connectivity index (χ3n) is 5.01. The number of anilines is 1. The SMILES string of the molecule is Cn1c2ccccc2c2nnc(N/N=C\c3ccc(OCc4ccccc4)cc3)nc21. The Labute approximate surface area is 179 Å². The van der Waals surface area contributed by atoms with Gasteiger partial charge < -0.3 is 9.30 Å². The summed E-state index contributed by atoms with van der Waals surface area (Å²) in [5.74, 6) is 1.15. The van der Waals surface area contributed by atoms with Gasteiger partial charge in [0.25, 0.3) is 5.95 Å². The van der Waals surface area contributed by atoms with Gasteiger partial charge in [-0.25, -0.2) is 5.43 Å². The van der Waals surface area contributed by atoms with Crippen molar-refractivity contribution in [1.29, 1.82) is 0 Å². The summed E-state index contributed by atoms with van der Waals surface area (Å²) in [6.07, 6.45) is 1.70. The number of hydrogen-bond acceptors (Lipinski definition) is 6. The summed E-state index contributed by atoms with van der Waals surface area (Å²) >= 11 is 0. The number of aryl methyl sites for hydroxylation is 1. The van der Waals surface area contributed by atoms with Crippen LogP contribution in [0.25, 0.3) is 22.1 Å². The minimum atomic E-state index is 0.345. The van der Waals surface area contributed by atoms with Crippen molar-refractivity contribution >= 4 is 34.2 Å². The number of fused-ring (bicyclic) bond motifs is 3. The van der Waals surface area contributed by atoms with Crippen LogP contribution >= 0.6 is 0 Å². The lowest BCUT2D eigenvalue weighted by molar-refractivity contribution is 0.306. The maximum absolute atomic E-state index is 5.81. The molecular weight excluding hydrogens is 388 g/mol. The fourth-order valence-electron chi connectivity index (χ4n) is 3.41. The molecule has 0 saturated carbocycles. The van der Waals surface area contributed by atoms with Gasteiger partial charge in [-0.2, -0.15) is 10.1 Å². The first kappa shape index (κ1) is 18.7. The summed E-state index contributed by atoms with van der Waals surface area (Å²) in [4.78, 5) is 4.55. The van der Waals surface area contributed by atoms with Gasteiger partial charge in [0, 0.05) is 12.4 Å². The molecule has 0 fully saturated rings. The van der Waals surface area contributed by atoms with Gasteiger partial charge >= 0.3 is 0 Å². The van der Waals surface area contributed by atoms with E-state index in [0.29, 0.717) is 12.6 Å². The molecule has 7 nitrogen and oxygen atoms in total. The van der Waals surface area contributed by atoms with E-state index in [0.717, 1.165) is 38.9 Å². The van der Waals surface area contributed by atoms with Gasteiger partial charge in [-0.3, -0.25) is 0 Å². The first-order valence-electron chi connectivity index (χ1n) is 9.92. The second-order valence-electron chi connectivity index (χ2n) is 7.10. The Bertz CT molecular complexity index is 1360. The molecule has 0 aliphatic rings. The smallest absolute Gasteiger partial charge is 0.265 e. The third kappa shape index (κ3) is 3.93. The summed E-state index contributed by atoms with van der Waals surface area (Å²) in [6.45, 7) is 0.539. The molecule has 7 heteroatoms. The van der Waals surface area contributed by atoms with E-state index in [9.17, 15) is 0 Å². The first-order valence-corrected chi connectivity index (χ1v) is 9.92. The predicted molar refractivity (Wildman–Crippen MR) is 122 cm³/mol. The Hall–Kier alpha value is -4.26. The van der Waals surface area contributed by atoms with Crippen molar-refractivity contribution in [2.45, 2.75) is 6.61 Å². The second-order valence-corrected chi connectivity index (χ2v) is 7.10. The van der Waals surface area contributed by atoms with Crippen LogP contribution in [0.1, 0.15) is 11.1 Å². The maximum atomic E-state index is 5.81. The molecule has 0 radical (unpaired) electrons. The monoisotopic (exact) mass is 408 g/mol. The van der Waals surface area contributed by atoms with E-state index in [1.54, 1.807) is 6.21 Å². The Kier molecular flexibility index (Phi) is 4.98. The molecular formula is C24H20N6O. The van der Waals surface area contributed by atoms with Gasteiger partial charge in [-0.05, 0) is 41.5 Å². The molecule has 0 atom stereocenters. The molecule has 2 heterocycles. The van der Waals surface area contributed by atoms with Gasteiger partial charge in [0.05, 0.1) is 11.7 Å². The fourth-order valence-corrected chi connectivity index (χ4v) is 3.41. The molecule has 0 saturated heterocycles. The number of rotatable bonds is 6. The molecule has 5 rings (SSSR count). The molecule has 1 N–H and O–H groups in total. The van der Waals surface area contributed by atoms with Crippen molar-refractivity contribution in [3.8, 4) is 5.75 Å². The minimum absolute atomic E-state index is 0.345. The molecule has 0 amide bonds. The van der Waals surface area contributed by atoms with E-state index < -0.39 is 0 Å². The van der Waals surface area contributed by atoms with E-state index in [1.807, 2.05) is 90.5 Å². The molecule has 3 aromatic carbocycles. The Balaban J connectivity index is 1.25. The zero-order valence-corrected chi connectivity index (χ0v) is 16.9. The Morgan fingerprint density at radius 3 is 2.55 bits per heavy atom. The molecule has 0 aliphatic carbocycles. The largest absolute Gasteiger partial charge is 0.489 e. The number of para-hydroxylation sites is 1. The summed E-state index contributed by atoms with van der Waals surface area (Å²) in [7, 11) is 1.97. The zero-order valence-electron chi connectivity index (χ0n) is 16.9. The lowest BCUT2D eigenvalue weighted by atomic mass is 10.2. The molecule has 0 aliphatic heterocycles. The third-order valence-corrected chi connectivity index (χ3v) is 5.01. The summed E-state index contributed by atoms with van der Waals surface area (Å²) in [5, 5.41) is 13.7. The number of aromatic nitrogens is 4. The number of benzene rings is 3. The van der Waals surface area contributed by atoms with Crippen LogP contribution in [-0.2, 0) is 13.7 Å². The van der Waals surface area contributed by atoms with Gasteiger partial charge in [0.1, 0.15) is 17.9 Å². The lowest BCUT2D eigenvalue weighted by Gasteiger charge is -2.06. The van der Waals surface area contributed by atoms with E-state index in [1.165, 1.54) is 0 Å². The predicted octanol–water partition coefficient (Wildman–Crippen LogP) is 4.54. The topological polar surface area (TPSA) is 77.2 Å². The summed E-state index contributed by atoms with van der Waals surface area (Å²) < 4.78 is 7.81. The van der Waals surface area contributed by atoms with Crippen LogP contribution in [0.4, 0.5) is 5.95 Å². The number of hydrogen-bond donors (Lipinski definition) is 1. The molecule has 2 aromatic heterocycles. The van der Waals surface area contributed by atoms with Crippen molar-refractivity contribution in [2.75, 3.05) is 5.43 Å². The Morgan fingerprint density at radius 1 is 0.935 bits per heavy atom. The van der Waals surface area contributed by atoms with Crippen LogP contribution in [0.5, 0.6) is 5.75 Å². The normalized spacial score (nSPS) is 11.4. The van der Waals surface area contributed by atoms with E-state index in [2.05, 4.69) is 25.7 Å². The quantitative estimate of drug-likeness (QED) is 0.330. The number of hydrazone groups is 1. The number of nitrogens with zero attached hydrogens (tertiary/aromatic N) is 5. The molecule has 0 bridgehead atoms. The van der Waals surface area contributed by atoms with Crippen LogP contribution in [0.2, 0.25) is 0 Å². The van der Waals surface area contributed by atoms with Crippen LogP contribution in [0.3, 0.4) is 0 Å². The zero-order chi connectivity index (χ0) is 21.0. The van der Waals surface area contributed by atoms with Gasteiger partial charge in [0.15, 0.2) is 5.65 Å². The van der Waals surface area contributed by atoms with Crippen molar-refractivity contribution in [3.63, 3.8) is 0 Å². The standard InChI is InChI=1S/C24H20N6O/c1-30-21-10-6-5-9-20(21)22-23(30)26-24(29-27-22)28-25-15-17-11-13-19(14-12-17)31-16-18-7-3-2-4-8-18/h2-15H,16H2,1H3,(H,26,28,29)/b25-15-. The van der Waals surface area contributed by atoms with E-state index >= 15 is 0 Å². The van der Waals surface area contributed by atoms with Gasteiger partial charge in [-0.15, -0.1) is 10.2 Å².